The number of Topliss-reactive ketones (excluding diaryl/α,β-unsaturated/α-hetero) is 1. The number of fused-ring (bicyclic) bond motifs is 1. The summed E-state index contributed by atoms with van der Waals surface area (Å²) in [6, 6.07) is 8.02. The number of hydrogen-bond acceptors (Lipinski definition) is 2. The van der Waals surface area contributed by atoms with Gasteiger partial charge >= 0.3 is 0 Å². The fourth-order valence-corrected chi connectivity index (χ4v) is 2.99. The minimum absolute atomic E-state index is 0.0732. The van der Waals surface area contributed by atoms with Crippen LogP contribution in [0, 0.1) is 5.41 Å². The van der Waals surface area contributed by atoms with Gasteiger partial charge in [-0.25, -0.2) is 0 Å². The first-order chi connectivity index (χ1) is 9.46. The average molecular weight is 269 g/mol. The van der Waals surface area contributed by atoms with E-state index < -0.39 is 0 Å². The summed E-state index contributed by atoms with van der Waals surface area (Å²) in [5.74, 6) is 0.334. The molecule has 1 aromatic heterocycles. The highest BCUT2D eigenvalue weighted by atomic mass is 16.3. The van der Waals surface area contributed by atoms with E-state index in [0.29, 0.717) is 24.8 Å². The Morgan fingerprint density at radius 1 is 1.25 bits per heavy atom. The Bertz CT molecular complexity index is 707. The van der Waals surface area contributed by atoms with E-state index in [-0.39, 0.29) is 17.0 Å². The fraction of sp³-hybridized carbons (Fsp3) is 0.353. The third-order valence-corrected chi connectivity index (χ3v) is 4.01. The van der Waals surface area contributed by atoms with E-state index in [1.165, 1.54) is 0 Å². The molecule has 0 saturated heterocycles. The third kappa shape index (κ3) is 2.24. The molecule has 0 radical (unpaired) electrons. The lowest BCUT2D eigenvalue weighted by Gasteiger charge is -2.29. The van der Waals surface area contributed by atoms with Crippen molar-refractivity contribution < 1.29 is 9.90 Å². The van der Waals surface area contributed by atoms with Crippen molar-refractivity contribution in [3.8, 4) is 0 Å². The monoisotopic (exact) mass is 269 g/mol. The Morgan fingerprint density at radius 2 is 2.00 bits per heavy atom. The largest absolute Gasteiger partial charge is 0.512 e. The van der Waals surface area contributed by atoms with Gasteiger partial charge in [0.15, 0.2) is 5.78 Å². The van der Waals surface area contributed by atoms with Gasteiger partial charge in [0, 0.05) is 41.9 Å². The van der Waals surface area contributed by atoms with Crippen molar-refractivity contribution in [1.29, 1.82) is 0 Å². The summed E-state index contributed by atoms with van der Waals surface area (Å²) >= 11 is 0. The maximum Gasteiger partial charge on any atom is 0.163 e. The lowest BCUT2D eigenvalue weighted by Crippen LogP contribution is -2.26. The van der Waals surface area contributed by atoms with E-state index >= 15 is 0 Å². The van der Waals surface area contributed by atoms with Gasteiger partial charge in [0.2, 0.25) is 0 Å². The number of para-hydroxylation sites is 1. The lowest BCUT2D eigenvalue weighted by atomic mass is 9.75. The molecule has 0 bridgehead atoms. The van der Waals surface area contributed by atoms with Crippen molar-refractivity contribution in [2.24, 2.45) is 5.41 Å². The molecule has 1 aromatic carbocycles. The van der Waals surface area contributed by atoms with Crippen molar-refractivity contribution in [3.63, 3.8) is 0 Å². The number of aromatic nitrogens is 1. The van der Waals surface area contributed by atoms with Crippen LogP contribution < -0.4 is 0 Å². The molecule has 0 unspecified atom stereocenters. The molecule has 0 fully saturated rings. The normalized spacial score (nSPS) is 18.8. The molecular weight excluding hydrogens is 250 g/mol. The van der Waals surface area contributed by atoms with Gasteiger partial charge in [0.1, 0.15) is 0 Å². The zero-order valence-electron chi connectivity index (χ0n) is 11.9. The number of hydrogen-bond donors (Lipinski definition) is 2. The first kappa shape index (κ1) is 13.0. The number of aliphatic hydroxyl groups excluding tert-OH is 1. The molecule has 1 heterocycles. The number of aliphatic hydroxyl groups is 1. The summed E-state index contributed by atoms with van der Waals surface area (Å²) in [7, 11) is 0. The van der Waals surface area contributed by atoms with E-state index in [0.717, 1.165) is 16.5 Å². The second-order valence-electron chi connectivity index (χ2n) is 6.40. The summed E-state index contributed by atoms with van der Waals surface area (Å²) in [4.78, 5) is 15.5. The number of carbonyl (C=O) groups is 1. The van der Waals surface area contributed by atoms with Gasteiger partial charge in [-0.1, -0.05) is 32.0 Å². The van der Waals surface area contributed by atoms with Gasteiger partial charge in [-0.2, -0.15) is 0 Å². The van der Waals surface area contributed by atoms with Gasteiger partial charge in [-0.05, 0) is 17.0 Å². The predicted octanol–water partition coefficient (Wildman–Crippen LogP) is 3.91. The number of nitrogens with one attached hydrogen (secondary N) is 1. The lowest BCUT2D eigenvalue weighted by molar-refractivity contribution is -0.118. The van der Waals surface area contributed by atoms with Crippen LogP contribution in [0.3, 0.4) is 0 Å². The van der Waals surface area contributed by atoms with Crippen LogP contribution in [-0.4, -0.2) is 15.9 Å². The topological polar surface area (TPSA) is 53.1 Å². The van der Waals surface area contributed by atoms with E-state index in [1.54, 1.807) is 0 Å². The Hall–Kier alpha value is -2.03. The van der Waals surface area contributed by atoms with Crippen molar-refractivity contribution in [2.45, 2.75) is 33.1 Å². The number of allylic oxidation sites excluding steroid dienone is 2. The Kier molecular flexibility index (Phi) is 2.93. The fourth-order valence-electron chi connectivity index (χ4n) is 2.99. The third-order valence-electron chi connectivity index (χ3n) is 4.01. The van der Waals surface area contributed by atoms with Crippen LogP contribution in [0.2, 0.25) is 0 Å². The van der Waals surface area contributed by atoms with Gasteiger partial charge < -0.3 is 10.1 Å². The molecule has 0 atom stereocenters. The first-order valence-corrected chi connectivity index (χ1v) is 6.95. The van der Waals surface area contributed by atoms with Crippen LogP contribution in [0.25, 0.3) is 10.9 Å². The molecule has 3 nitrogen and oxygen atoms in total. The minimum Gasteiger partial charge on any atom is -0.512 e. The second-order valence-corrected chi connectivity index (χ2v) is 6.40. The number of benzene rings is 1. The Labute approximate surface area is 118 Å². The van der Waals surface area contributed by atoms with E-state index in [4.69, 9.17) is 0 Å². The summed E-state index contributed by atoms with van der Waals surface area (Å²) in [5.41, 5.74) is 2.57. The SMILES string of the molecule is CC1(C)CC(=O)C(Cc2c[nH]c3ccccc23)=C(O)C1. The zero-order valence-corrected chi connectivity index (χ0v) is 11.9. The molecule has 2 aromatic rings. The molecule has 0 aliphatic heterocycles. The van der Waals surface area contributed by atoms with Crippen molar-refractivity contribution in [3.05, 3.63) is 47.4 Å². The molecule has 2 N–H and O–H groups in total. The minimum atomic E-state index is -0.134. The summed E-state index contributed by atoms with van der Waals surface area (Å²) in [5, 5.41) is 11.3. The highest BCUT2D eigenvalue weighted by Gasteiger charge is 2.33. The second kappa shape index (κ2) is 4.51. The van der Waals surface area contributed by atoms with E-state index in [2.05, 4.69) is 4.98 Å². The van der Waals surface area contributed by atoms with E-state index in [1.807, 2.05) is 44.3 Å². The van der Waals surface area contributed by atoms with Crippen LogP contribution in [0.5, 0.6) is 0 Å². The number of H-pyrrole nitrogens is 1. The number of carbonyl (C=O) groups excluding carboxylic acids is 1. The molecule has 0 amide bonds. The Balaban J connectivity index is 1.97. The van der Waals surface area contributed by atoms with Crippen molar-refractivity contribution >= 4 is 16.7 Å². The summed E-state index contributed by atoms with van der Waals surface area (Å²) < 4.78 is 0. The molecule has 1 aliphatic rings. The summed E-state index contributed by atoms with van der Waals surface area (Å²) in [6.45, 7) is 4.03. The van der Waals surface area contributed by atoms with Gasteiger partial charge in [-0.3, -0.25) is 4.79 Å². The standard InChI is InChI=1S/C17H19NO2/c1-17(2)8-15(19)13(16(20)9-17)7-11-10-18-14-6-4-3-5-12(11)14/h3-6,10,18-19H,7-9H2,1-2H3. The summed E-state index contributed by atoms with van der Waals surface area (Å²) in [6.07, 6.45) is 3.52. The van der Waals surface area contributed by atoms with E-state index in [9.17, 15) is 9.90 Å². The van der Waals surface area contributed by atoms with Crippen LogP contribution in [-0.2, 0) is 11.2 Å². The average Bonchev–Trinajstić information content (AvgIpc) is 2.76. The molecule has 20 heavy (non-hydrogen) atoms. The zero-order chi connectivity index (χ0) is 14.3. The molecule has 3 heteroatoms. The van der Waals surface area contributed by atoms with Crippen LogP contribution in [0.15, 0.2) is 41.8 Å². The maximum atomic E-state index is 12.3. The maximum absolute atomic E-state index is 12.3. The van der Waals surface area contributed by atoms with Crippen LogP contribution >= 0.6 is 0 Å². The number of aromatic amines is 1. The van der Waals surface area contributed by atoms with Crippen molar-refractivity contribution in [1.82, 2.24) is 4.98 Å². The van der Waals surface area contributed by atoms with Gasteiger partial charge in [0.25, 0.3) is 0 Å². The molecule has 104 valence electrons. The predicted molar refractivity (Wildman–Crippen MR) is 79.7 cm³/mol. The highest BCUT2D eigenvalue weighted by molar-refractivity contribution is 5.98. The molecule has 1 aliphatic carbocycles. The van der Waals surface area contributed by atoms with Crippen LogP contribution in [0.1, 0.15) is 32.3 Å². The smallest absolute Gasteiger partial charge is 0.163 e. The number of rotatable bonds is 2. The van der Waals surface area contributed by atoms with Crippen LogP contribution in [0.4, 0.5) is 0 Å². The molecule has 0 saturated carbocycles. The molecule has 3 rings (SSSR count). The Morgan fingerprint density at radius 3 is 2.75 bits per heavy atom. The van der Waals surface area contributed by atoms with Gasteiger partial charge in [0.05, 0.1) is 5.76 Å². The molecular formula is C17H19NO2. The quantitative estimate of drug-likeness (QED) is 0.868. The van der Waals surface area contributed by atoms with Crippen molar-refractivity contribution in [2.75, 3.05) is 0 Å². The highest BCUT2D eigenvalue weighted by Crippen LogP contribution is 2.37. The number of ketones is 1. The van der Waals surface area contributed by atoms with Gasteiger partial charge in [-0.15, -0.1) is 0 Å². The first-order valence-electron chi connectivity index (χ1n) is 6.95. The molecule has 0 spiro atoms.